The Labute approximate surface area is 121 Å². The normalized spacial score (nSPS) is 13.4. The Morgan fingerprint density at radius 2 is 2.05 bits per heavy atom. The molecule has 112 valence electrons. The van der Waals surface area contributed by atoms with Crippen molar-refractivity contribution in [2.24, 2.45) is 0 Å². The predicted molar refractivity (Wildman–Crippen MR) is 81.0 cm³/mol. The van der Waals surface area contributed by atoms with Gasteiger partial charge in [-0.15, -0.1) is 11.8 Å². The van der Waals surface area contributed by atoms with Gasteiger partial charge in [-0.1, -0.05) is 13.5 Å². The standard InChI is InChI=1S/C14H27NO3S/c1-7-19-11(2)8-9-15(10-16)12(3)13(17)18-14(4,5)6/h12,16H,2,7-10H2,1,3-6H3. The van der Waals surface area contributed by atoms with Crippen molar-refractivity contribution in [1.82, 2.24) is 4.90 Å². The lowest BCUT2D eigenvalue weighted by Gasteiger charge is -2.29. The van der Waals surface area contributed by atoms with Crippen LogP contribution in [0.1, 0.15) is 41.0 Å². The third kappa shape index (κ3) is 8.29. The molecule has 0 rings (SSSR count). The Kier molecular flexibility index (Phi) is 8.38. The maximum atomic E-state index is 11.9. The van der Waals surface area contributed by atoms with Crippen molar-refractivity contribution in [3.8, 4) is 0 Å². The van der Waals surface area contributed by atoms with E-state index in [4.69, 9.17) is 4.74 Å². The van der Waals surface area contributed by atoms with Crippen LogP contribution in [-0.2, 0) is 9.53 Å². The van der Waals surface area contributed by atoms with Gasteiger partial charge in [0.25, 0.3) is 0 Å². The monoisotopic (exact) mass is 289 g/mol. The molecule has 0 heterocycles. The Balaban J connectivity index is 4.35. The maximum absolute atomic E-state index is 11.9. The molecule has 1 unspecified atom stereocenters. The zero-order chi connectivity index (χ0) is 15.1. The molecule has 0 saturated carbocycles. The number of nitrogens with zero attached hydrogens (tertiary/aromatic N) is 1. The summed E-state index contributed by atoms with van der Waals surface area (Å²) >= 11 is 1.69. The van der Waals surface area contributed by atoms with Crippen molar-refractivity contribution in [2.45, 2.75) is 52.7 Å². The highest BCUT2D eigenvalue weighted by molar-refractivity contribution is 8.03. The highest BCUT2D eigenvalue weighted by atomic mass is 32.2. The summed E-state index contributed by atoms with van der Waals surface area (Å²) in [7, 11) is 0. The molecule has 5 heteroatoms. The number of esters is 1. The molecular formula is C14H27NO3S. The van der Waals surface area contributed by atoms with Crippen LogP contribution in [-0.4, -0.2) is 46.6 Å². The topological polar surface area (TPSA) is 49.8 Å². The fourth-order valence-electron chi connectivity index (χ4n) is 1.47. The summed E-state index contributed by atoms with van der Waals surface area (Å²) in [6.45, 7) is 13.7. The predicted octanol–water partition coefficient (Wildman–Crippen LogP) is 2.63. The molecule has 4 nitrogen and oxygen atoms in total. The zero-order valence-electron chi connectivity index (χ0n) is 12.7. The molecule has 0 saturated heterocycles. The largest absolute Gasteiger partial charge is 0.459 e. The lowest BCUT2D eigenvalue weighted by atomic mass is 10.2. The van der Waals surface area contributed by atoms with Gasteiger partial charge in [-0.05, 0) is 44.8 Å². The Hall–Kier alpha value is -0.520. The van der Waals surface area contributed by atoms with E-state index in [0.29, 0.717) is 6.54 Å². The average Bonchev–Trinajstić information content (AvgIpc) is 2.27. The molecule has 0 aliphatic carbocycles. The Morgan fingerprint density at radius 3 is 2.47 bits per heavy atom. The van der Waals surface area contributed by atoms with Crippen LogP contribution in [0, 0.1) is 0 Å². The fourth-order valence-corrected chi connectivity index (χ4v) is 2.11. The number of carbonyl (C=O) groups is 1. The maximum Gasteiger partial charge on any atom is 0.323 e. The van der Waals surface area contributed by atoms with E-state index < -0.39 is 11.6 Å². The van der Waals surface area contributed by atoms with Gasteiger partial charge in [0.2, 0.25) is 0 Å². The van der Waals surface area contributed by atoms with Gasteiger partial charge in [0.1, 0.15) is 11.6 Å². The van der Waals surface area contributed by atoms with Crippen molar-refractivity contribution in [3.05, 3.63) is 11.5 Å². The van der Waals surface area contributed by atoms with Crippen molar-refractivity contribution in [2.75, 3.05) is 19.0 Å². The summed E-state index contributed by atoms with van der Waals surface area (Å²) in [4.78, 5) is 14.7. The number of ether oxygens (including phenoxy) is 1. The number of carbonyl (C=O) groups excluding carboxylic acids is 1. The quantitative estimate of drug-likeness (QED) is 0.550. The lowest BCUT2D eigenvalue weighted by molar-refractivity contribution is -0.162. The van der Waals surface area contributed by atoms with E-state index in [1.807, 2.05) is 20.8 Å². The van der Waals surface area contributed by atoms with Crippen LogP contribution < -0.4 is 0 Å². The van der Waals surface area contributed by atoms with Crippen molar-refractivity contribution >= 4 is 17.7 Å². The fraction of sp³-hybridized carbons (Fsp3) is 0.786. The van der Waals surface area contributed by atoms with Crippen LogP contribution in [0.5, 0.6) is 0 Å². The van der Waals surface area contributed by atoms with E-state index in [2.05, 4.69) is 13.5 Å². The van der Waals surface area contributed by atoms with Gasteiger partial charge < -0.3 is 9.84 Å². The second-order valence-corrected chi connectivity index (χ2v) is 6.83. The van der Waals surface area contributed by atoms with Gasteiger partial charge in [-0.2, -0.15) is 0 Å². The summed E-state index contributed by atoms with van der Waals surface area (Å²) in [5.74, 6) is 0.676. The van der Waals surface area contributed by atoms with Gasteiger partial charge in [-0.3, -0.25) is 9.69 Å². The lowest BCUT2D eigenvalue weighted by Crippen LogP contribution is -2.43. The highest BCUT2D eigenvalue weighted by Gasteiger charge is 2.26. The minimum atomic E-state index is -0.506. The molecule has 0 aromatic carbocycles. The van der Waals surface area contributed by atoms with Crippen molar-refractivity contribution in [3.63, 3.8) is 0 Å². The van der Waals surface area contributed by atoms with Gasteiger partial charge in [0, 0.05) is 6.54 Å². The summed E-state index contributed by atoms with van der Waals surface area (Å²) in [6, 6.07) is -0.455. The SMILES string of the molecule is C=C(CCN(CO)C(C)C(=O)OC(C)(C)C)SCC. The molecule has 0 radical (unpaired) electrons. The smallest absolute Gasteiger partial charge is 0.323 e. The van der Waals surface area contributed by atoms with E-state index in [1.165, 1.54) is 0 Å². The van der Waals surface area contributed by atoms with Crippen LogP contribution in [0.2, 0.25) is 0 Å². The van der Waals surface area contributed by atoms with E-state index in [9.17, 15) is 9.90 Å². The third-order valence-corrected chi connectivity index (χ3v) is 3.40. The Morgan fingerprint density at radius 1 is 1.47 bits per heavy atom. The van der Waals surface area contributed by atoms with E-state index in [0.717, 1.165) is 17.1 Å². The molecule has 1 atom stereocenters. The minimum Gasteiger partial charge on any atom is -0.459 e. The molecule has 0 aromatic rings. The van der Waals surface area contributed by atoms with Crippen LogP contribution in [0.25, 0.3) is 0 Å². The minimum absolute atomic E-state index is 0.162. The third-order valence-electron chi connectivity index (χ3n) is 2.50. The van der Waals surface area contributed by atoms with Crippen LogP contribution in [0.15, 0.2) is 11.5 Å². The zero-order valence-corrected chi connectivity index (χ0v) is 13.5. The highest BCUT2D eigenvalue weighted by Crippen LogP contribution is 2.18. The van der Waals surface area contributed by atoms with Gasteiger partial charge in [0.05, 0.1) is 6.73 Å². The van der Waals surface area contributed by atoms with E-state index >= 15 is 0 Å². The molecule has 0 aliphatic heterocycles. The number of hydrogen-bond donors (Lipinski definition) is 1. The molecule has 19 heavy (non-hydrogen) atoms. The number of aliphatic hydroxyl groups excluding tert-OH is 1. The van der Waals surface area contributed by atoms with Crippen molar-refractivity contribution < 1.29 is 14.6 Å². The van der Waals surface area contributed by atoms with Crippen LogP contribution in [0.3, 0.4) is 0 Å². The summed E-state index contributed by atoms with van der Waals surface area (Å²) in [6.07, 6.45) is 0.756. The molecular weight excluding hydrogens is 262 g/mol. The molecule has 1 N–H and O–H groups in total. The second-order valence-electron chi connectivity index (χ2n) is 5.38. The number of aliphatic hydroxyl groups is 1. The summed E-state index contributed by atoms with van der Waals surface area (Å²) < 4.78 is 5.32. The van der Waals surface area contributed by atoms with E-state index in [-0.39, 0.29) is 12.7 Å². The Bertz CT molecular complexity index is 300. The van der Waals surface area contributed by atoms with Crippen molar-refractivity contribution in [1.29, 1.82) is 0 Å². The second kappa shape index (κ2) is 8.61. The number of rotatable bonds is 8. The first-order valence-electron chi connectivity index (χ1n) is 6.59. The van der Waals surface area contributed by atoms with Crippen LogP contribution in [0.4, 0.5) is 0 Å². The first-order valence-corrected chi connectivity index (χ1v) is 7.58. The number of hydrogen-bond acceptors (Lipinski definition) is 5. The molecule has 0 aromatic heterocycles. The average molecular weight is 289 g/mol. The molecule has 0 spiro atoms. The van der Waals surface area contributed by atoms with Gasteiger partial charge >= 0.3 is 5.97 Å². The first-order chi connectivity index (χ1) is 8.71. The van der Waals surface area contributed by atoms with Crippen LogP contribution >= 0.6 is 11.8 Å². The summed E-state index contributed by atoms with van der Waals surface area (Å²) in [5.41, 5.74) is -0.506. The summed E-state index contributed by atoms with van der Waals surface area (Å²) in [5, 5.41) is 9.37. The molecule has 0 bridgehead atoms. The molecule has 0 fully saturated rings. The van der Waals surface area contributed by atoms with Gasteiger partial charge in [-0.25, -0.2) is 0 Å². The molecule has 0 amide bonds. The first kappa shape index (κ1) is 18.5. The molecule has 0 aliphatic rings. The van der Waals surface area contributed by atoms with Gasteiger partial charge in [0.15, 0.2) is 0 Å². The van der Waals surface area contributed by atoms with E-state index in [1.54, 1.807) is 23.6 Å². The number of thioether (sulfide) groups is 1.